The number of carbonyl (C=O) groups excluding carboxylic acids is 1. The van der Waals surface area contributed by atoms with E-state index < -0.39 is 10.8 Å². The molecule has 0 saturated heterocycles. The van der Waals surface area contributed by atoms with Gasteiger partial charge in [0.15, 0.2) is 5.11 Å². The third kappa shape index (κ3) is 6.74. The van der Waals surface area contributed by atoms with Crippen LogP contribution in [0.25, 0.3) is 0 Å². The molecule has 0 aliphatic rings. The minimum Gasteiger partial charge on any atom is -0.495 e. The average Bonchev–Trinajstić information content (AvgIpc) is 2.80. The summed E-state index contributed by atoms with van der Waals surface area (Å²) in [5.74, 6) is 0.250. The zero-order valence-electron chi connectivity index (χ0n) is 17.5. The Kier molecular flexibility index (Phi) is 8.34. The van der Waals surface area contributed by atoms with Gasteiger partial charge in [-0.1, -0.05) is 46.3 Å². The molecule has 0 heterocycles. The van der Waals surface area contributed by atoms with Crippen LogP contribution in [0.5, 0.6) is 11.5 Å². The largest absolute Gasteiger partial charge is 0.495 e. The minimum atomic E-state index is -0.535. The zero-order chi connectivity index (χ0) is 23.8. The van der Waals surface area contributed by atoms with Crippen LogP contribution in [0.4, 0.5) is 11.4 Å². The molecule has 2 N–H and O–H groups in total. The van der Waals surface area contributed by atoms with Crippen molar-refractivity contribution in [2.24, 2.45) is 0 Å². The predicted octanol–water partition coefficient (Wildman–Crippen LogP) is 5.11. The molecule has 0 spiro atoms. The van der Waals surface area contributed by atoms with Gasteiger partial charge in [0.25, 0.3) is 11.6 Å². The molecule has 0 saturated carbocycles. The van der Waals surface area contributed by atoms with Crippen LogP contribution in [-0.2, 0) is 6.42 Å². The van der Waals surface area contributed by atoms with Crippen molar-refractivity contribution >= 4 is 50.5 Å². The van der Waals surface area contributed by atoms with Crippen molar-refractivity contribution in [3.05, 3.63) is 92.4 Å². The first-order chi connectivity index (χ1) is 15.9. The quantitative estimate of drug-likeness (QED) is 0.237. The number of nitro benzene ring substituents is 1. The third-order valence-electron chi connectivity index (χ3n) is 4.55. The van der Waals surface area contributed by atoms with Crippen molar-refractivity contribution in [3.63, 3.8) is 0 Å². The number of non-ortho nitro benzene ring substituents is 1. The van der Waals surface area contributed by atoms with Crippen molar-refractivity contribution in [3.8, 4) is 11.5 Å². The lowest BCUT2D eigenvalue weighted by Crippen LogP contribution is -2.34. The minimum absolute atomic E-state index is 0.0472. The van der Waals surface area contributed by atoms with E-state index in [2.05, 4.69) is 26.6 Å². The molecule has 33 heavy (non-hydrogen) atoms. The number of methoxy groups -OCH3 is 1. The van der Waals surface area contributed by atoms with Gasteiger partial charge in [0, 0.05) is 23.0 Å². The highest BCUT2D eigenvalue weighted by Gasteiger charge is 2.17. The van der Waals surface area contributed by atoms with Crippen LogP contribution in [0.2, 0.25) is 0 Å². The maximum Gasteiger partial charge on any atom is 0.271 e. The summed E-state index contributed by atoms with van der Waals surface area (Å²) in [4.78, 5) is 23.4. The van der Waals surface area contributed by atoms with Crippen LogP contribution in [0.15, 0.2) is 71.2 Å². The highest BCUT2D eigenvalue weighted by Crippen LogP contribution is 2.29. The highest BCUT2D eigenvalue weighted by atomic mass is 79.9. The standard InChI is InChI=1S/C23H20BrN3O5S/c1-31-21-10-8-17(27(29)30)14-19(21)25-23(33)26-22(28)18-13-16(24)7-9-20(18)32-12-11-15-5-3-2-4-6-15/h2-10,13-14H,11-12H2,1H3,(H2,25,26,28,33). The first-order valence-corrected chi connectivity index (χ1v) is 11.0. The normalized spacial score (nSPS) is 10.2. The predicted molar refractivity (Wildman–Crippen MR) is 133 cm³/mol. The molecule has 0 aromatic heterocycles. The van der Waals surface area contributed by atoms with E-state index in [-0.39, 0.29) is 22.1 Å². The summed E-state index contributed by atoms with van der Waals surface area (Å²) in [7, 11) is 1.43. The molecule has 3 aromatic carbocycles. The molecule has 0 fully saturated rings. The Morgan fingerprint density at radius 3 is 2.52 bits per heavy atom. The van der Waals surface area contributed by atoms with Crippen molar-refractivity contribution in [1.82, 2.24) is 5.32 Å². The zero-order valence-corrected chi connectivity index (χ0v) is 19.9. The fraction of sp³-hybridized carbons (Fsp3) is 0.130. The molecule has 0 aliphatic carbocycles. The number of nitrogens with one attached hydrogen (secondary N) is 2. The van der Waals surface area contributed by atoms with E-state index in [1.165, 1.54) is 25.3 Å². The van der Waals surface area contributed by atoms with Crippen molar-refractivity contribution in [2.45, 2.75) is 6.42 Å². The van der Waals surface area contributed by atoms with E-state index in [1.807, 2.05) is 30.3 Å². The molecule has 8 nitrogen and oxygen atoms in total. The second-order valence-corrected chi connectivity index (χ2v) is 8.10. The summed E-state index contributed by atoms with van der Waals surface area (Å²) < 4.78 is 11.8. The molecule has 1 amide bonds. The number of hydrogen-bond acceptors (Lipinski definition) is 6. The Balaban J connectivity index is 1.69. The molecule has 0 radical (unpaired) electrons. The average molecular weight is 530 g/mol. The lowest BCUT2D eigenvalue weighted by atomic mass is 10.1. The highest BCUT2D eigenvalue weighted by molar-refractivity contribution is 9.10. The topological polar surface area (TPSA) is 103 Å². The van der Waals surface area contributed by atoms with E-state index in [1.54, 1.807) is 18.2 Å². The van der Waals surface area contributed by atoms with Gasteiger partial charge in [0.1, 0.15) is 11.5 Å². The summed E-state index contributed by atoms with van der Waals surface area (Å²) in [6, 6.07) is 19.0. The van der Waals surface area contributed by atoms with E-state index in [0.717, 1.165) is 5.56 Å². The SMILES string of the molecule is COc1ccc([N+](=O)[O-])cc1NC(=S)NC(=O)c1cc(Br)ccc1OCCc1ccccc1. The van der Waals surface area contributed by atoms with Gasteiger partial charge in [-0.15, -0.1) is 0 Å². The molecule has 0 unspecified atom stereocenters. The number of amides is 1. The molecule has 0 atom stereocenters. The number of nitrogens with zero attached hydrogens (tertiary/aromatic N) is 1. The molecule has 3 rings (SSSR count). The molecular weight excluding hydrogens is 510 g/mol. The van der Waals surface area contributed by atoms with E-state index in [9.17, 15) is 14.9 Å². The van der Waals surface area contributed by atoms with Crippen LogP contribution >= 0.6 is 28.1 Å². The Labute approximate surface area is 204 Å². The molecule has 0 aliphatic heterocycles. The van der Waals surface area contributed by atoms with Crippen LogP contribution in [0.1, 0.15) is 15.9 Å². The van der Waals surface area contributed by atoms with Crippen LogP contribution < -0.4 is 20.1 Å². The lowest BCUT2D eigenvalue weighted by Gasteiger charge is -2.15. The fourth-order valence-electron chi connectivity index (χ4n) is 2.96. The van der Waals surface area contributed by atoms with E-state index in [0.29, 0.717) is 29.0 Å². The number of benzene rings is 3. The first-order valence-electron chi connectivity index (χ1n) is 9.78. The van der Waals surface area contributed by atoms with Crippen LogP contribution in [-0.4, -0.2) is 29.7 Å². The van der Waals surface area contributed by atoms with E-state index >= 15 is 0 Å². The Hall–Kier alpha value is -3.50. The number of nitro groups is 1. The number of hydrogen-bond donors (Lipinski definition) is 2. The summed E-state index contributed by atoms with van der Waals surface area (Å²) in [5.41, 5.74) is 1.52. The maximum absolute atomic E-state index is 12.9. The van der Waals surface area contributed by atoms with Gasteiger partial charge >= 0.3 is 0 Å². The maximum atomic E-state index is 12.9. The number of rotatable bonds is 8. The van der Waals surface area contributed by atoms with Gasteiger partial charge in [-0.2, -0.15) is 0 Å². The van der Waals surface area contributed by atoms with Crippen molar-refractivity contribution in [2.75, 3.05) is 19.0 Å². The number of anilines is 1. The van der Waals surface area contributed by atoms with Gasteiger partial charge in [-0.05, 0) is 42.0 Å². The fourth-order valence-corrected chi connectivity index (χ4v) is 3.52. The van der Waals surface area contributed by atoms with Gasteiger partial charge in [-0.3, -0.25) is 20.2 Å². The Morgan fingerprint density at radius 1 is 1.09 bits per heavy atom. The van der Waals surface area contributed by atoms with E-state index in [4.69, 9.17) is 21.7 Å². The van der Waals surface area contributed by atoms with Gasteiger partial charge in [-0.25, -0.2) is 0 Å². The first kappa shape index (κ1) is 24.1. The van der Waals surface area contributed by atoms with Gasteiger partial charge in [0.05, 0.1) is 29.9 Å². The summed E-state index contributed by atoms with van der Waals surface area (Å²) in [6.07, 6.45) is 0.685. The lowest BCUT2D eigenvalue weighted by molar-refractivity contribution is -0.384. The number of thiocarbonyl (C=S) groups is 1. The molecule has 10 heteroatoms. The molecule has 0 bridgehead atoms. The van der Waals surface area contributed by atoms with Gasteiger partial charge in [0.2, 0.25) is 0 Å². The number of ether oxygens (including phenoxy) is 2. The van der Waals surface area contributed by atoms with Crippen LogP contribution in [0, 0.1) is 10.1 Å². The molecule has 170 valence electrons. The monoisotopic (exact) mass is 529 g/mol. The number of halogens is 1. The smallest absolute Gasteiger partial charge is 0.271 e. The number of carbonyl (C=O) groups is 1. The summed E-state index contributed by atoms with van der Waals surface area (Å²) in [5, 5.41) is 16.4. The summed E-state index contributed by atoms with van der Waals surface area (Å²) >= 11 is 8.60. The molecular formula is C23H20BrN3O5S. The Bertz CT molecular complexity index is 1170. The second kappa shape index (κ2) is 11.4. The Morgan fingerprint density at radius 2 is 1.82 bits per heavy atom. The summed E-state index contributed by atoms with van der Waals surface area (Å²) in [6.45, 7) is 0.388. The second-order valence-electron chi connectivity index (χ2n) is 6.77. The third-order valence-corrected chi connectivity index (χ3v) is 5.24. The van der Waals surface area contributed by atoms with Crippen molar-refractivity contribution < 1.29 is 19.2 Å². The van der Waals surface area contributed by atoms with Crippen LogP contribution in [0.3, 0.4) is 0 Å². The molecule has 3 aromatic rings. The van der Waals surface area contributed by atoms with Crippen molar-refractivity contribution in [1.29, 1.82) is 0 Å². The van der Waals surface area contributed by atoms with Gasteiger partial charge < -0.3 is 14.8 Å².